The van der Waals surface area contributed by atoms with Gasteiger partial charge in [0, 0.05) is 62.8 Å². The number of piperazine rings is 1. The predicted molar refractivity (Wildman–Crippen MR) is 148 cm³/mol. The quantitative estimate of drug-likeness (QED) is 0.215. The van der Waals surface area contributed by atoms with Crippen molar-refractivity contribution < 1.29 is 9.53 Å². The summed E-state index contributed by atoms with van der Waals surface area (Å²) in [5, 5.41) is 1.06. The molecule has 0 bridgehead atoms. The highest BCUT2D eigenvalue weighted by Gasteiger charge is 2.22. The fourth-order valence-corrected chi connectivity index (χ4v) is 5.20. The third kappa shape index (κ3) is 6.62. The molecule has 1 fully saturated rings. The smallest absolute Gasteiger partial charge is 0.253 e. The molecule has 0 radical (unpaired) electrons. The lowest BCUT2D eigenvalue weighted by molar-refractivity contribution is 0.0746. The Morgan fingerprint density at radius 1 is 1.08 bits per heavy atom. The molecular weight excluding hydrogens is 494 g/mol. The van der Waals surface area contributed by atoms with Gasteiger partial charge in [-0.2, -0.15) is 0 Å². The van der Waals surface area contributed by atoms with Gasteiger partial charge in [0.25, 0.3) is 5.91 Å². The molecule has 0 aliphatic carbocycles. The first-order valence-corrected chi connectivity index (χ1v) is 13.5. The lowest BCUT2D eigenvalue weighted by atomic mass is 10.1. The molecule has 0 atom stereocenters. The topological polar surface area (TPSA) is 61.8 Å². The predicted octanol–water partition coefficient (Wildman–Crippen LogP) is 5.24. The molecule has 1 aliphatic heterocycles. The number of halogens is 1. The average Bonchev–Trinajstić information content (AvgIpc) is 2.91. The molecule has 0 spiro atoms. The number of thioether (sulfide) groups is 1. The lowest BCUT2D eigenvalue weighted by Crippen LogP contribution is -2.48. The van der Waals surface area contributed by atoms with Crippen LogP contribution in [0.25, 0.3) is 0 Å². The zero-order valence-corrected chi connectivity index (χ0v) is 22.6. The molecule has 2 heterocycles. The van der Waals surface area contributed by atoms with Crippen LogP contribution in [0.4, 0.5) is 11.5 Å². The van der Waals surface area contributed by atoms with Gasteiger partial charge in [0.2, 0.25) is 0 Å². The molecule has 2 aromatic carbocycles. The minimum atomic E-state index is 0.0683. The van der Waals surface area contributed by atoms with Crippen LogP contribution in [-0.2, 0) is 5.75 Å². The third-order valence-corrected chi connectivity index (χ3v) is 7.27. The van der Waals surface area contributed by atoms with Gasteiger partial charge in [0.15, 0.2) is 5.16 Å². The van der Waals surface area contributed by atoms with Gasteiger partial charge in [-0.1, -0.05) is 42.4 Å². The first-order chi connectivity index (χ1) is 17.5. The Hall–Kier alpha value is -2.97. The van der Waals surface area contributed by atoms with Crippen LogP contribution >= 0.6 is 23.4 Å². The molecule has 0 unspecified atom stereocenters. The van der Waals surface area contributed by atoms with Gasteiger partial charge in [-0.25, -0.2) is 9.97 Å². The summed E-state index contributed by atoms with van der Waals surface area (Å²) in [6.45, 7) is 6.01. The average molecular weight is 526 g/mol. The number of hydrogen-bond donors (Lipinski definition) is 0. The van der Waals surface area contributed by atoms with E-state index in [1.807, 2.05) is 48.3 Å². The first-order valence-electron chi connectivity index (χ1n) is 12.1. The molecule has 7 nitrogen and oxygen atoms in total. The van der Waals surface area contributed by atoms with E-state index < -0.39 is 0 Å². The Labute approximate surface area is 222 Å². The zero-order valence-electron chi connectivity index (χ0n) is 21.0. The number of methoxy groups -OCH3 is 1. The van der Waals surface area contributed by atoms with E-state index in [4.69, 9.17) is 16.3 Å². The number of carbonyl (C=O) groups is 1. The van der Waals surface area contributed by atoms with Gasteiger partial charge >= 0.3 is 0 Å². The van der Waals surface area contributed by atoms with Gasteiger partial charge in [0.05, 0.1) is 7.11 Å². The maximum Gasteiger partial charge on any atom is 0.253 e. The highest BCUT2D eigenvalue weighted by Crippen LogP contribution is 2.25. The summed E-state index contributed by atoms with van der Waals surface area (Å²) in [6, 6.07) is 17.7. The van der Waals surface area contributed by atoms with Crippen molar-refractivity contribution >= 4 is 40.8 Å². The highest BCUT2D eigenvalue weighted by atomic mass is 35.5. The normalized spacial score (nSPS) is 13.6. The summed E-state index contributed by atoms with van der Waals surface area (Å²) >= 11 is 7.76. The van der Waals surface area contributed by atoms with Crippen LogP contribution < -0.4 is 14.5 Å². The number of hydrogen-bond acceptors (Lipinski definition) is 7. The van der Waals surface area contributed by atoms with E-state index in [0.717, 1.165) is 48.9 Å². The minimum Gasteiger partial charge on any atom is -0.497 e. The van der Waals surface area contributed by atoms with Crippen LogP contribution in [0.3, 0.4) is 0 Å². The summed E-state index contributed by atoms with van der Waals surface area (Å²) in [7, 11) is 3.67. The highest BCUT2D eigenvalue weighted by molar-refractivity contribution is 7.98. The number of aromatic nitrogens is 2. The van der Waals surface area contributed by atoms with Crippen molar-refractivity contribution in [2.75, 3.05) is 56.7 Å². The first kappa shape index (κ1) is 26.1. The number of amides is 1. The van der Waals surface area contributed by atoms with Crippen molar-refractivity contribution in [3.05, 3.63) is 70.9 Å². The van der Waals surface area contributed by atoms with Gasteiger partial charge in [-0.3, -0.25) is 4.79 Å². The molecule has 1 saturated heterocycles. The SMILES string of the molecule is CCCN(C)c1cc(Cl)nc(SCc2cccc(C(=O)N3CCN(c4ccc(OC)cc4)CC3)c2)n1. The summed E-state index contributed by atoms with van der Waals surface area (Å²) in [6.07, 6.45) is 1.03. The van der Waals surface area contributed by atoms with Crippen LogP contribution in [0.2, 0.25) is 5.15 Å². The lowest BCUT2D eigenvalue weighted by Gasteiger charge is -2.36. The van der Waals surface area contributed by atoms with Crippen molar-refractivity contribution in [1.29, 1.82) is 0 Å². The number of carbonyl (C=O) groups excluding carboxylic acids is 1. The van der Waals surface area contributed by atoms with Crippen molar-refractivity contribution in [3.63, 3.8) is 0 Å². The number of ether oxygens (including phenoxy) is 1. The maximum atomic E-state index is 13.2. The maximum absolute atomic E-state index is 13.2. The molecule has 1 aliphatic rings. The third-order valence-electron chi connectivity index (χ3n) is 6.16. The van der Waals surface area contributed by atoms with E-state index in [-0.39, 0.29) is 5.91 Å². The Balaban J connectivity index is 1.35. The standard InChI is InChI=1S/C27H32ClN5O2S/c1-4-12-31(2)25-18-24(28)29-27(30-25)36-19-20-6-5-7-21(17-20)26(34)33-15-13-32(14-16-33)22-8-10-23(35-3)11-9-22/h5-11,17-18H,4,12-16,19H2,1-3H3. The monoisotopic (exact) mass is 525 g/mol. The van der Waals surface area contributed by atoms with Crippen LogP contribution in [0.1, 0.15) is 29.3 Å². The molecule has 36 heavy (non-hydrogen) atoms. The number of rotatable bonds is 9. The molecule has 0 saturated carbocycles. The molecule has 9 heteroatoms. The fraction of sp³-hybridized carbons (Fsp3) is 0.370. The fourth-order valence-electron chi connectivity index (χ4n) is 4.18. The van der Waals surface area contributed by atoms with E-state index in [2.05, 4.69) is 38.8 Å². The second kappa shape index (κ2) is 12.3. The van der Waals surface area contributed by atoms with Crippen molar-refractivity contribution in [3.8, 4) is 5.75 Å². The molecular formula is C27H32ClN5O2S. The van der Waals surface area contributed by atoms with E-state index in [9.17, 15) is 4.79 Å². The zero-order chi connectivity index (χ0) is 25.5. The van der Waals surface area contributed by atoms with Crippen LogP contribution in [0, 0.1) is 0 Å². The van der Waals surface area contributed by atoms with Gasteiger partial charge in [-0.15, -0.1) is 0 Å². The van der Waals surface area contributed by atoms with E-state index in [1.54, 1.807) is 13.2 Å². The van der Waals surface area contributed by atoms with Crippen molar-refractivity contribution in [2.45, 2.75) is 24.3 Å². The Morgan fingerprint density at radius 2 is 1.83 bits per heavy atom. The number of benzene rings is 2. The molecule has 3 aromatic rings. The van der Waals surface area contributed by atoms with Crippen LogP contribution in [0.5, 0.6) is 5.75 Å². The largest absolute Gasteiger partial charge is 0.497 e. The van der Waals surface area contributed by atoms with Gasteiger partial charge < -0.3 is 19.4 Å². The van der Waals surface area contributed by atoms with Crippen LogP contribution in [0.15, 0.2) is 59.8 Å². The van der Waals surface area contributed by atoms with E-state index in [0.29, 0.717) is 34.7 Å². The second-order valence-corrected chi connectivity index (χ2v) is 10.0. The summed E-state index contributed by atoms with van der Waals surface area (Å²) in [5.74, 6) is 2.39. The summed E-state index contributed by atoms with van der Waals surface area (Å²) in [4.78, 5) is 28.5. The number of nitrogens with zero attached hydrogens (tertiary/aromatic N) is 5. The number of anilines is 2. The molecule has 4 rings (SSSR count). The minimum absolute atomic E-state index is 0.0683. The molecule has 0 N–H and O–H groups in total. The Morgan fingerprint density at radius 3 is 2.53 bits per heavy atom. The van der Waals surface area contributed by atoms with E-state index in [1.165, 1.54) is 11.8 Å². The van der Waals surface area contributed by atoms with Crippen molar-refractivity contribution in [1.82, 2.24) is 14.9 Å². The molecule has 1 aromatic heterocycles. The second-order valence-electron chi connectivity index (χ2n) is 8.72. The molecule has 190 valence electrons. The van der Waals surface area contributed by atoms with Gasteiger partial charge in [-0.05, 0) is 48.4 Å². The molecule has 1 amide bonds. The Bertz CT molecular complexity index is 1170. The van der Waals surface area contributed by atoms with Gasteiger partial charge in [0.1, 0.15) is 16.7 Å². The van der Waals surface area contributed by atoms with Crippen molar-refractivity contribution in [2.24, 2.45) is 0 Å². The van der Waals surface area contributed by atoms with E-state index >= 15 is 0 Å². The Kier molecular flexibility index (Phi) is 8.93. The summed E-state index contributed by atoms with van der Waals surface area (Å²) in [5.41, 5.74) is 2.91. The summed E-state index contributed by atoms with van der Waals surface area (Å²) < 4.78 is 5.25. The van der Waals surface area contributed by atoms with Crippen LogP contribution in [-0.4, -0.2) is 67.7 Å².